The molecule has 9 heteroatoms. The van der Waals surface area contributed by atoms with Gasteiger partial charge in [0.15, 0.2) is 0 Å². The van der Waals surface area contributed by atoms with Gasteiger partial charge in [0.05, 0.1) is 17.4 Å². The Morgan fingerprint density at radius 2 is 1.81 bits per heavy atom. The standard InChI is InChI=1S/C28H34N4O4S/c33-27(19-26-28(34)29-14-17-32(26)37(35,36)23-9-3-1-4-10-23)30-25-11-7-8-22-18-21(12-13-24(22)25)20-31-15-5-2-6-16-31/h1,3-4,9-10,12-14,17-18,25-26H,2,5-8,11,15-16,19-20H2,(H,29,34)(H,30,33)/t25-,26-/m1/s1. The van der Waals surface area contributed by atoms with Crippen LogP contribution in [-0.2, 0) is 32.6 Å². The first-order valence-electron chi connectivity index (χ1n) is 13.1. The molecule has 1 aliphatic carbocycles. The number of carbonyl (C=O) groups is 2. The molecule has 2 N–H and O–H groups in total. The van der Waals surface area contributed by atoms with Gasteiger partial charge in [0.25, 0.3) is 10.0 Å². The van der Waals surface area contributed by atoms with Crippen LogP contribution in [0.15, 0.2) is 65.8 Å². The van der Waals surface area contributed by atoms with Gasteiger partial charge in [-0.1, -0.05) is 42.8 Å². The quantitative estimate of drug-likeness (QED) is 0.582. The predicted octanol–water partition coefficient (Wildman–Crippen LogP) is 3.22. The van der Waals surface area contributed by atoms with E-state index in [1.165, 1.54) is 54.9 Å². The lowest BCUT2D eigenvalue weighted by Gasteiger charge is -2.32. The molecule has 2 aliphatic heterocycles. The van der Waals surface area contributed by atoms with Crippen molar-refractivity contribution in [3.05, 3.63) is 77.6 Å². The number of hydrogen-bond acceptors (Lipinski definition) is 5. The van der Waals surface area contributed by atoms with Crippen LogP contribution in [0.2, 0.25) is 0 Å². The molecule has 37 heavy (non-hydrogen) atoms. The summed E-state index contributed by atoms with van der Waals surface area (Å²) < 4.78 is 27.4. The predicted molar refractivity (Wildman–Crippen MR) is 141 cm³/mol. The maximum atomic E-state index is 13.2. The molecule has 2 atom stereocenters. The van der Waals surface area contributed by atoms with Gasteiger partial charge < -0.3 is 10.6 Å². The number of benzene rings is 2. The Balaban J connectivity index is 1.28. The Labute approximate surface area is 218 Å². The number of fused-ring (bicyclic) bond motifs is 1. The van der Waals surface area contributed by atoms with Crippen LogP contribution in [0.3, 0.4) is 0 Å². The van der Waals surface area contributed by atoms with E-state index in [-0.39, 0.29) is 23.3 Å². The van der Waals surface area contributed by atoms with Crippen molar-refractivity contribution >= 4 is 21.8 Å². The van der Waals surface area contributed by atoms with Gasteiger partial charge in [0, 0.05) is 18.9 Å². The molecule has 1 saturated heterocycles. The minimum Gasteiger partial charge on any atom is -0.349 e. The first-order chi connectivity index (χ1) is 17.9. The summed E-state index contributed by atoms with van der Waals surface area (Å²) in [5.41, 5.74) is 3.68. The zero-order valence-corrected chi connectivity index (χ0v) is 21.8. The van der Waals surface area contributed by atoms with Gasteiger partial charge in [-0.05, 0) is 74.0 Å². The highest BCUT2D eigenvalue weighted by molar-refractivity contribution is 7.89. The third kappa shape index (κ3) is 5.72. The largest absolute Gasteiger partial charge is 0.349 e. The number of piperidine rings is 1. The number of hydrogen-bond donors (Lipinski definition) is 2. The second-order valence-electron chi connectivity index (χ2n) is 10.1. The van der Waals surface area contributed by atoms with E-state index in [0.717, 1.165) is 48.8 Å². The van der Waals surface area contributed by atoms with Crippen molar-refractivity contribution in [3.63, 3.8) is 0 Å². The lowest BCUT2D eigenvalue weighted by molar-refractivity contribution is -0.129. The minimum absolute atomic E-state index is 0.0707. The van der Waals surface area contributed by atoms with Crippen molar-refractivity contribution < 1.29 is 18.0 Å². The van der Waals surface area contributed by atoms with Crippen LogP contribution >= 0.6 is 0 Å². The number of likely N-dealkylation sites (tertiary alicyclic amines) is 1. The topological polar surface area (TPSA) is 98.8 Å². The Kier molecular flexibility index (Phi) is 7.62. The summed E-state index contributed by atoms with van der Waals surface area (Å²) in [6.07, 6.45) is 8.93. The van der Waals surface area contributed by atoms with Crippen LogP contribution in [0, 0.1) is 0 Å². The molecule has 0 radical (unpaired) electrons. The fourth-order valence-electron chi connectivity index (χ4n) is 5.57. The maximum Gasteiger partial charge on any atom is 0.264 e. The highest BCUT2D eigenvalue weighted by Crippen LogP contribution is 2.31. The molecule has 2 amide bonds. The summed E-state index contributed by atoms with van der Waals surface area (Å²) in [6.45, 7) is 3.26. The SMILES string of the molecule is O=C(C[C@@H]1C(=O)NC=CN1S(=O)(=O)c1ccccc1)N[C@@H]1CCCc2cc(CN3CCCCC3)ccc21. The lowest BCUT2D eigenvalue weighted by atomic mass is 9.86. The summed E-state index contributed by atoms with van der Waals surface area (Å²) in [7, 11) is -3.99. The van der Waals surface area contributed by atoms with Crippen molar-refractivity contribution in [1.29, 1.82) is 0 Å². The van der Waals surface area contributed by atoms with E-state index in [2.05, 4.69) is 33.7 Å². The van der Waals surface area contributed by atoms with Crippen LogP contribution in [0.1, 0.15) is 61.3 Å². The number of aryl methyl sites for hydroxylation is 1. The average molecular weight is 523 g/mol. The zero-order chi connectivity index (χ0) is 25.8. The third-order valence-electron chi connectivity index (χ3n) is 7.47. The number of amides is 2. The third-order valence-corrected chi connectivity index (χ3v) is 9.27. The minimum atomic E-state index is -3.99. The van der Waals surface area contributed by atoms with Crippen molar-refractivity contribution in [2.24, 2.45) is 0 Å². The smallest absolute Gasteiger partial charge is 0.264 e. The first-order valence-corrected chi connectivity index (χ1v) is 14.5. The molecule has 8 nitrogen and oxygen atoms in total. The number of nitrogens with zero attached hydrogens (tertiary/aromatic N) is 2. The van der Waals surface area contributed by atoms with Crippen molar-refractivity contribution in [1.82, 2.24) is 19.8 Å². The molecule has 0 aromatic heterocycles. The van der Waals surface area contributed by atoms with E-state index < -0.39 is 22.0 Å². The first kappa shape index (κ1) is 25.5. The number of nitrogens with one attached hydrogen (secondary N) is 2. The van der Waals surface area contributed by atoms with Gasteiger partial charge in [0.1, 0.15) is 6.04 Å². The van der Waals surface area contributed by atoms with Crippen molar-refractivity contribution in [3.8, 4) is 0 Å². The molecule has 196 valence electrons. The normalized spacial score (nSPS) is 22.3. The summed E-state index contributed by atoms with van der Waals surface area (Å²) in [6, 6.07) is 13.2. The lowest BCUT2D eigenvalue weighted by Crippen LogP contribution is -2.51. The van der Waals surface area contributed by atoms with Crippen LogP contribution in [-0.4, -0.2) is 48.6 Å². The van der Waals surface area contributed by atoms with Gasteiger partial charge in [0.2, 0.25) is 11.8 Å². The fourth-order valence-corrected chi connectivity index (χ4v) is 7.04. The Morgan fingerprint density at radius 3 is 2.59 bits per heavy atom. The molecule has 0 bridgehead atoms. The van der Waals surface area contributed by atoms with Crippen LogP contribution < -0.4 is 10.6 Å². The Morgan fingerprint density at radius 1 is 1.03 bits per heavy atom. The molecular formula is C28H34N4O4S. The average Bonchev–Trinajstić information content (AvgIpc) is 2.91. The molecule has 0 saturated carbocycles. The van der Waals surface area contributed by atoms with Crippen molar-refractivity contribution in [2.45, 2.75) is 68.5 Å². The van der Waals surface area contributed by atoms with Crippen LogP contribution in [0.25, 0.3) is 0 Å². The van der Waals surface area contributed by atoms with E-state index in [1.807, 2.05) is 0 Å². The van der Waals surface area contributed by atoms with E-state index in [0.29, 0.717) is 0 Å². The zero-order valence-electron chi connectivity index (χ0n) is 20.9. The van der Waals surface area contributed by atoms with E-state index >= 15 is 0 Å². The molecule has 2 aromatic rings. The van der Waals surface area contributed by atoms with Crippen LogP contribution in [0.5, 0.6) is 0 Å². The maximum absolute atomic E-state index is 13.2. The molecule has 1 fully saturated rings. The monoisotopic (exact) mass is 522 g/mol. The van der Waals surface area contributed by atoms with Crippen molar-refractivity contribution in [2.75, 3.05) is 13.1 Å². The highest BCUT2D eigenvalue weighted by Gasteiger charge is 2.37. The highest BCUT2D eigenvalue weighted by atomic mass is 32.2. The second kappa shape index (κ2) is 11.1. The second-order valence-corrected chi connectivity index (χ2v) is 11.9. The Hall–Kier alpha value is -3.17. The molecule has 0 unspecified atom stereocenters. The summed E-state index contributed by atoms with van der Waals surface area (Å²) >= 11 is 0. The molecule has 5 rings (SSSR count). The fraction of sp³-hybridized carbons (Fsp3) is 0.429. The van der Waals surface area contributed by atoms with Gasteiger partial charge in [-0.3, -0.25) is 18.8 Å². The number of sulfonamides is 1. The van der Waals surface area contributed by atoms with Gasteiger partial charge >= 0.3 is 0 Å². The van der Waals surface area contributed by atoms with Crippen LogP contribution in [0.4, 0.5) is 0 Å². The van der Waals surface area contributed by atoms with E-state index in [9.17, 15) is 18.0 Å². The summed E-state index contributed by atoms with van der Waals surface area (Å²) in [4.78, 5) is 28.4. The van der Waals surface area contributed by atoms with Gasteiger partial charge in [-0.15, -0.1) is 0 Å². The van der Waals surface area contributed by atoms with Gasteiger partial charge in [-0.25, -0.2) is 8.42 Å². The molecular weight excluding hydrogens is 488 g/mol. The van der Waals surface area contributed by atoms with E-state index in [4.69, 9.17) is 0 Å². The van der Waals surface area contributed by atoms with E-state index in [1.54, 1.807) is 18.2 Å². The molecule has 2 heterocycles. The Bertz CT molecular complexity index is 1270. The molecule has 2 aromatic carbocycles. The number of carbonyl (C=O) groups excluding carboxylic acids is 2. The molecule has 3 aliphatic rings. The molecule has 0 spiro atoms. The summed E-state index contributed by atoms with van der Waals surface area (Å²) in [5.74, 6) is -0.873. The summed E-state index contributed by atoms with van der Waals surface area (Å²) in [5, 5.41) is 5.62. The van der Waals surface area contributed by atoms with Gasteiger partial charge in [-0.2, -0.15) is 0 Å². The number of rotatable bonds is 7.